The lowest BCUT2D eigenvalue weighted by molar-refractivity contribution is 0.383. The number of hydrogen-bond acceptors (Lipinski definition) is 3. The minimum absolute atomic E-state index is 0.0528. The van der Waals surface area contributed by atoms with Crippen molar-refractivity contribution in [2.24, 2.45) is 10.7 Å². The number of aliphatic imine (C=N–C) groups is 1. The fourth-order valence-electron chi connectivity index (χ4n) is 1.59. The van der Waals surface area contributed by atoms with Crippen molar-refractivity contribution in [3.8, 4) is 0 Å². The maximum Gasteiger partial charge on any atom is 0.216 e. The Bertz CT molecular complexity index is 581. The molecular formula is C15H20N4O. The van der Waals surface area contributed by atoms with Crippen LogP contribution in [0, 0.1) is 0 Å². The summed E-state index contributed by atoms with van der Waals surface area (Å²) >= 11 is 0. The lowest BCUT2D eigenvalue weighted by Crippen LogP contribution is -2.22. The zero-order chi connectivity index (χ0) is 14.6. The first-order valence-electron chi connectivity index (χ1n) is 6.52. The van der Waals surface area contributed by atoms with E-state index in [0.717, 1.165) is 11.4 Å². The van der Waals surface area contributed by atoms with Gasteiger partial charge in [0.05, 0.1) is 6.20 Å². The van der Waals surface area contributed by atoms with Crippen LogP contribution in [-0.4, -0.2) is 10.9 Å². The van der Waals surface area contributed by atoms with Crippen molar-refractivity contribution in [2.45, 2.75) is 32.7 Å². The number of nitrogens with zero attached hydrogens (tertiary/aromatic N) is 2. The van der Waals surface area contributed by atoms with Crippen LogP contribution in [0.5, 0.6) is 0 Å². The third-order valence-electron chi connectivity index (χ3n) is 2.72. The van der Waals surface area contributed by atoms with Gasteiger partial charge in [-0.15, -0.1) is 0 Å². The van der Waals surface area contributed by atoms with Gasteiger partial charge < -0.3 is 15.5 Å². The van der Waals surface area contributed by atoms with Crippen molar-refractivity contribution in [3.05, 3.63) is 48.2 Å². The van der Waals surface area contributed by atoms with Gasteiger partial charge in [-0.2, -0.15) is 0 Å². The van der Waals surface area contributed by atoms with Gasteiger partial charge in [0.15, 0.2) is 5.96 Å². The van der Waals surface area contributed by atoms with Crippen LogP contribution in [0.4, 0.5) is 5.69 Å². The smallest absolute Gasteiger partial charge is 0.216 e. The molecule has 2 rings (SSSR count). The molecule has 2 aromatic rings. The van der Waals surface area contributed by atoms with E-state index in [1.54, 1.807) is 6.20 Å². The monoisotopic (exact) mass is 272 g/mol. The lowest BCUT2D eigenvalue weighted by Gasteiger charge is -2.12. The molecule has 1 aromatic carbocycles. The van der Waals surface area contributed by atoms with Crippen molar-refractivity contribution in [1.29, 1.82) is 0 Å². The Morgan fingerprint density at radius 2 is 2.00 bits per heavy atom. The van der Waals surface area contributed by atoms with E-state index in [-0.39, 0.29) is 5.41 Å². The molecule has 1 aromatic heterocycles. The number of para-hydroxylation sites is 1. The van der Waals surface area contributed by atoms with Crippen molar-refractivity contribution in [2.75, 3.05) is 5.32 Å². The predicted octanol–water partition coefficient (Wildman–Crippen LogP) is 2.90. The number of hydrogen-bond donors (Lipinski definition) is 2. The first kappa shape index (κ1) is 14.1. The van der Waals surface area contributed by atoms with E-state index in [9.17, 15) is 0 Å². The number of oxazole rings is 1. The predicted molar refractivity (Wildman–Crippen MR) is 80.6 cm³/mol. The molecule has 0 aliphatic rings. The van der Waals surface area contributed by atoms with Gasteiger partial charge in [-0.25, -0.2) is 9.98 Å². The van der Waals surface area contributed by atoms with Crippen LogP contribution in [0.15, 0.2) is 45.9 Å². The van der Waals surface area contributed by atoms with Gasteiger partial charge in [0.1, 0.15) is 12.3 Å². The maximum atomic E-state index is 5.82. The van der Waals surface area contributed by atoms with Crippen LogP contribution >= 0.6 is 0 Å². The molecule has 0 aliphatic carbocycles. The minimum Gasteiger partial charge on any atom is -0.443 e. The molecule has 5 nitrogen and oxygen atoms in total. The largest absolute Gasteiger partial charge is 0.443 e. The number of anilines is 1. The zero-order valence-corrected chi connectivity index (χ0v) is 12.1. The van der Waals surface area contributed by atoms with Crippen molar-refractivity contribution in [3.63, 3.8) is 0 Å². The molecule has 0 atom stereocenters. The van der Waals surface area contributed by atoms with E-state index in [4.69, 9.17) is 10.2 Å². The van der Waals surface area contributed by atoms with E-state index >= 15 is 0 Å². The molecule has 0 bridgehead atoms. The van der Waals surface area contributed by atoms with Crippen LogP contribution in [0.2, 0.25) is 0 Å². The summed E-state index contributed by atoms with van der Waals surface area (Å²) in [5.41, 5.74) is 6.66. The summed E-state index contributed by atoms with van der Waals surface area (Å²) in [7, 11) is 0. The SMILES string of the molecule is CC(C)(C)c1cnc(CN=C(N)Nc2ccccc2)o1. The number of rotatable bonds is 3. The summed E-state index contributed by atoms with van der Waals surface area (Å²) in [5, 5.41) is 3.01. The van der Waals surface area contributed by atoms with Gasteiger partial charge in [-0.1, -0.05) is 39.0 Å². The molecule has 0 saturated heterocycles. The van der Waals surface area contributed by atoms with E-state index in [2.05, 4.69) is 36.1 Å². The number of aromatic nitrogens is 1. The molecular weight excluding hydrogens is 252 g/mol. The molecule has 0 saturated carbocycles. The van der Waals surface area contributed by atoms with Crippen LogP contribution in [0.25, 0.3) is 0 Å². The van der Waals surface area contributed by atoms with Gasteiger partial charge >= 0.3 is 0 Å². The molecule has 0 unspecified atom stereocenters. The molecule has 0 aliphatic heterocycles. The number of nitrogens with one attached hydrogen (secondary N) is 1. The molecule has 20 heavy (non-hydrogen) atoms. The Morgan fingerprint density at radius 3 is 2.60 bits per heavy atom. The van der Waals surface area contributed by atoms with Gasteiger partial charge in [0.25, 0.3) is 0 Å². The summed E-state index contributed by atoms with van der Waals surface area (Å²) in [5.74, 6) is 1.75. The molecule has 0 fully saturated rings. The minimum atomic E-state index is -0.0528. The quantitative estimate of drug-likeness (QED) is 0.665. The van der Waals surface area contributed by atoms with Gasteiger partial charge in [0, 0.05) is 11.1 Å². The van der Waals surface area contributed by atoms with Crippen molar-refractivity contribution < 1.29 is 4.42 Å². The second-order valence-electron chi connectivity index (χ2n) is 5.56. The second-order valence-corrected chi connectivity index (χ2v) is 5.56. The molecule has 5 heteroatoms. The summed E-state index contributed by atoms with van der Waals surface area (Å²) in [6.07, 6.45) is 1.74. The van der Waals surface area contributed by atoms with Gasteiger partial charge in [0.2, 0.25) is 5.89 Å². The number of nitrogens with two attached hydrogens (primary N) is 1. The fourth-order valence-corrected chi connectivity index (χ4v) is 1.59. The second kappa shape index (κ2) is 5.77. The summed E-state index contributed by atoms with van der Waals surface area (Å²) in [4.78, 5) is 8.42. The summed E-state index contributed by atoms with van der Waals surface area (Å²) in [6.45, 7) is 6.55. The van der Waals surface area contributed by atoms with Gasteiger partial charge in [-0.05, 0) is 12.1 Å². The van der Waals surface area contributed by atoms with E-state index in [0.29, 0.717) is 18.4 Å². The fraction of sp³-hybridized carbons (Fsp3) is 0.333. The van der Waals surface area contributed by atoms with Crippen LogP contribution in [0.3, 0.4) is 0 Å². The molecule has 106 valence electrons. The molecule has 0 spiro atoms. The molecule has 3 N–H and O–H groups in total. The standard InChI is InChI=1S/C15H20N4O/c1-15(2,3)12-9-17-13(20-12)10-18-14(16)19-11-7-5-4-6-8-11/h4-9H,10H2,1-3H3,(H3,16,18,19). The number of benzene rings is 1. The third-order valence-corrected chi connectivity index (χ3v) is 2.72. The topological polar surface area (TPSA) is 76.4 Å². The Morgan fingerprint density at radius 1 is 1.30 bits per heavy atom. The maximum absolute atomic E-state index is 5.82. The molecule has 0 radical (unpaired) electrons. The highest BCUT2D eigenvalue weighted by atomic mass is 16.4. The highest BCUT2D eigenvalue weighted by Crippen LogP contribution is 2.22. The summed E-state index contributed by atoms with van der Waals surface area (Å²) in [6, 6.07) is 9.65. The normalized spacial score (nSPS) is 12.4. The zero-order valence-electron chi connectivity index (χ0n) is 12.1. The van der Waals surface area contributed by atoms with Crippen LogP contribution < -0.4 is 11.1 Å². The van der Waals surface area contributed by atoms with Crippen LogP contribution in [-0.2, 0) is 12.0 Å². The Balaban J connectivity index is 1.97. The Labute approximate surface area is 118 Å². The highest BCUT2D eigenvalue weighted by Gasteiger charge is 2.18. The van der Waals surface area contributed by atoms with E-state index in [1.165, 1.54) is 0 Å². The van der Waals surface area contributed by atoms with E-state index < -0.39 is 0 Å². The van der Waals surface area contributed by atoms with Crippen molar-refractivity contribution in [1.82, 2.24) is 4.98 Å². The average Bonchev–Trinajstić information content (AvgIpc) is 2.86. The Kier molecular flexibility index (Phi) is 4.08. The number of guanidine groups is 1. The van der Waals surface area contributed by atoms with Crippen LogP contribution in [0.1, 0.15) is 32.4 Å². The van der Waals surface area contributed by atoms with E-state index in [1.807, 2.05) is 30.3 Å². The first-order valence-corrected chi connectivity index (χ1v) is 6.52. The molecule has 0 amide bonds. The highest BCUT2D eigenvalue weighted by molar-refractivity contribution is 5.92. The first-order chi connectivity index (χ1) is 9.45. The lowest BCUT2D eigenvalue weighted by atomic mass is 9.94. The third kappa shape index (κ3) is 3.85. The Hall–Kier alpha value is -2.30. The summed E-state index contributed by atoms with van der Waals surface area (Å²) < 4.78 is 5.65. The van der Waals surface area contributed by atoms with Gasteiger partial charge in [-0.3, -0.25) is 0 Å². The average molecular weight is 272 g/mol. The van der Waals surface area contributed by atoms with Crippen molar-refractivity contribution >= 4 is 11.6 Å². The molecule has 1 heterocycles.